The van der Waals surface area contributed by atoms with Crippen LogP contribution in [0.3, 0.4) is 0 Å². The van der Waals surface area contributed by atoms with Crippen LogP contribution >= 0.6 is 0 Å². The Kier molecular flexibility index (Phi) is 1.49. The van der Waals surface area contributed by atoms with Crippen LogP contribution in [0.2, 0.25) is 0 Å². The van der Waals surface area contributed by atoms with Crippen molar-refractivity contribution in [3.8, 4) is 0 Å². The van der Waals surface area contributed by atoms with Gasteiger partial charge in [-0.2, -0.15) is 0 Å². The quantitative estimate of drug-likeness (QED) is 0.717. The summed E-state index contributed by atoms with van der Waals surface area (Å²) in [5.41, 5.74) is 1.63. The van der Waals surface area contributed by atoms with E-state index in [0.717, 1.165) is 17.4 Å². The second-order valence-corrected chi connectivity index (χ2v) is 5.45. The fourth-order valence-corrected chi connectivity index (χ4v) is 3.46. The van der Waals surface area contributed by atoms with Gasteiger partial charge in [-0.05, 0) is 18.1 Å². The number of aliphatic hydroxyl groups excluding tert-OH is 1. The van der Waals surface area contributed by atoms with Crippen LogP contribution in [0.25, 0.3) is 0 Å². The molecule has 0 aliphatic carbocycles. The van der Waals surface area contributed by atoms with Gasteiger partial charge in [-0.3, -0.25) is 0 Å². The molecule has 3 rings (SSSR count). The Balaban J connectivity index is 2.42. The summed E-state index contributed by atoms with van der Waals surface area (Å²) in [6.45, 7) is 0.643. The summed E-state index contributed by atoms with van der Waals surface area (Å²) in [5.74, 6) is -0.174. The zero-order valence-corrected chi connectivity index (χ0v) is 8.66. The molecule has 0 amide bonds. The molecule has 2 aliphatic heterocycles. The van der Waals surface area contributed by atoms with Crippen LogP contribution in [-0.4, -0.2) is 20.1 Å². The summed E-state index contributed by atoms with van der Waals surface area (Å²) in [6.07, 6.45) is 0.774. The molecule has 0 fully saturated rings. The average Bonchev–Trinajstić information content (AvgIpc) is 2.58. The number of hydrogen-bond acceptors (Lipinski definition) is 4. The summed E-state index contributed by atoms with van der Waals surface area (Å²) in [4.78, 5) is 1.95. The van der Waals surface area contributed by atoms with Crippen molar-refractivity contribution in [2.75, 3.05) is 11.4 Å². The fraction of sp³-hybridized carbons (Fsp3) is 0.200. The van der Waals surface area contributed by atoms with Gasteiger partial charge in [0.25, 0.3) is 0 Å². The van der Waals surface area contributed by atoms with Gasteiger partial charge >= 0.3 is 0 Å². The van der Waals surface area contributed by atoms with Crippen molar-refractivity contribution in [1.29, 1.82) is 0 Å². The molecule has 78 valence electrons. The molecule has 15 heavy (non-hydrogen) atoms. The molecule has 2 heterocycles. The lowest BCUT2D eigenvalue weighted by Gasteiger charge is -2.24. The van der Waals surface area contributed by atoms with Crippen LogP contribution in [-0.2, 0) is 16.3 Å². The highest BCUT2D eigenvalue weighted by Gasteiger charge is 2.34. The Hall–Kier alpha value is -1.49. The van der Waals surface area contributed by atoms with Crippen LogP contribution in [0, 0.1) is 0 Å². The average molecular weight is 223 g/mol. The zero-order valence-electron chi connectivity index (χ0n) is 7.84. The minimum absolute atomic E-state index is 0.174. The summed E-state index contributed by atoms with van der Waals surface area (Å²) in [7, 11) is -3.46. The van der Waals surface area contributed by atoms with E-state index < -0.39 is 9.84 Å². The lowest BCUT2D eigenvalue weighted by atomic mass is 10.2. The molecule has 0 saturated heterocycles. The highest BCUT2D eigenvalue weighted by atomic mass is 32.2. The normalized spacial score (nSPS) is 21.1. The lowest BCUT2D eigenvalue weighted by molar-refractivity contribution is 0.392. The minimum atomic E-state index is -3.46. The van der Waals surface area contributed by atoms with Crippen molar-refractivity contribution in [1.82, 2.24) is 0 Å². The van der Waals surface area contributed by atoms with E-state index in [1.54, 1.807) is 17.0 Å². The lowest BCUT2D eigenvalue weighted by Crippen LogP contribution is -2.25. The van der Waals surface area contributed by atoms with E-state index in [4.69, 9.17) is 0 Å². The van der Waals surface area contributed by atoms with Crippen LogP contribution in [0.5, 0.6) is 0 Å². The van der Waals surface area contributed by atoms with Crippen molar-refractivity contribution in [2.45, 2.75) is 11.3 Å². The van der Waals surface area contributed by atoms with Gasteiger partial charge in [-0.15, -0.1) is 0 Å². The largest absolute Gasteiger partial charge is 0.494 e. The predicted octanol–water partition coefficient (Wildman–Crippen LogP) is 1.19. The van der Waals surface area contributed by atoms with E-state index in [9.17, 15) is 13.5 Å². The highest BCUT2D eigenvalue weighted by molar-refractivity contribution is 7.94. The third kappa shape index (κ3) is 1.04. The number of aliphatic hydroxyl groups is 1. The maximum absolute atomic E-state index is 11.7. The van der Waals surface area contributed by atoms with Crippen LogP contribution in [0.4, 0.5) is 5.69 Å². The molecule has 1 aromatic carbocycles. The van der Waals surface area contributed by atoms with Gasteiger partial charge in [0, 0.05) is 6.54 Å². The Labute approximate surface area is 87.4 Å². The van der Waals surface area contributed by atoms with Crippen molar-refractivity contribution in [3.63, 3.8) is 0 Å². The molecule has 0 spiro atoms. The molecular weight excluding hydrogens is 214 g/mol. The molecule has 1 aromatic rings. The number of para-hydroxylation sites is 1. The Morgan fingerprint density at radius 2 is 2.13 bits per heavy atom. The molecule has 0 unspecified atom stereocenters. The van der Waals surface area contributed by atoms with Gasteiger partial charge < -0.3 is 10.0 Å². The van der Waals surface area contributed by atoms with Crippen molar-refractivity contribution >= 4 is 15.5 Å². The van der Waals surface area contributed by atoms with Gasteiger partial charge in [-0.1, -0.05) is 12.1 Å². The molecule has 5 heteroatoms. The van der Waals surface area contributed by atoms with Crippen molar-refractivity contribution < 1.29 is 13.5 Å². The standard InChI is InChI=1S/C10H9NO3S/c12-9-6-15(13,14)8-3-1-2-7-4-5-11(9)10(7)8/h1-3,6,12H,4-5H2. The molecule has 4 nitrogen and oxygen atoms in total. The monoisotopic (exact) mass is 223 g/mol. The topological polar surface area (TPSA) is 57.6 Å². The maximum atomic E-state index is 11.7. The van der Waals surface area contributed by atoms with Gasteiger partial charge in [0.1, 0.15) is 0 Å². The second-order valence-electron chi connectivity index (χ2n) is 3.69. The molecule has 2 aliphatic rings. The summed E-state index contributed by atoms with van der Waals surface area (Å²) < 4.78 is 23.5. The van der Waals surface area contributed by atoms with E-state index in [2.05, 4.69) is 0 Å². The summed E-state index contributed by atoms with van der Waals surface area (Å²) in [6, 6.07) is 5.22. The number of hydrogen-bond donors (Lipinski definition) is 1. The first kappa shape index (κ1) is 8.79. The summed E-state index contributed by atoms with van der Waals surface area (Å²) >= 11 is 0. The van der Waals surface area contributed by atoms with Gasteiger partial charge in [0.05, 0.1) is 16.0 Å². The fourth-order valence-electron chi connectivity index (χ4n) is 2.14. The predicted molar refractivity (Wildman–Crippen MR) is 55.4 cm³/mol. The molecule has 0 saturated carbocycles. The van der Waals surface area contributed by atoms with E-state index in [1.807, 2.05) is 6.07 Å². The van der Waals surface area contributed by atoms with Crippen LogP contribution in [0.15, 0.2) is 34.4 Å². The Morgan fingerprint density at radius 1 is 1.33 bits per heavy atom. The number of nitrogens with zero attached hydrogens (tertiary/aromatic N) is 1. The number of benzene rings is 1. The van der Waals surface area contributed by atoms with Gasteiger partial charge in [0.15, 0.2) is 0 Å². The number of anilines is 1. The van der Waals surface area contributed by atoms with Crippen LogP contribution in [0.1, 0.15) is 5.56 Å². The van der Waals surface area contributed by atoms with Crippen LogP contribution < -0.4 is 4.90 Å². The molecule has 0 aromatic heterocycles. The van der Waals surface area contributed by atoms with Crippen molar-refractivity contribution in [2.24, 2.45) is 0 Å². The maximum Gasteiger partial charge on any atom is 0.207 e. The SMILES string of the molecule is O=S1(=O)C=C(O)N2CCc3cccc1c32. The molecule has 0 radical (unpaired) electrons. The zero-order chi connectivity index (χ0) is 10.6. The molecular formula is C10H9NO3S. The Bertz CT molecular complexity index is 574. The van der Waals surface area contributed by atoms with Crippen molar-refractivity contribution in [3.05, 3.63) is 35.1 Å². The molecule has 0 bridgehead atoms. The molecule has 0 atom stereocenters. The first-order valence-electron chi connectivity index (χ1n) is 4.65. The third-order valence-electron chi connectivity index (χ3n) is 2.80. The molecule has 1 N–H and O–H groups in total. The smallest absolute Gasteiger partial charge is 0.207 e. The number of sulfone groups is 1. The van der Waals surface area contributed by atoms with E-state index >= 15 is 0 Å². The highest BCUT2D eigenvalue weighted by Crippen LogP contribution is 2.40. The minimum Gasteiger partial charge on any atom is -0.494 e. The van der Waals surface area contributed by atoms with Gasteiger partial charge in [-0.25, -0.2) is 8.42 Å². The summed E-state index contributed by atoms with van der Waals surface area (Å²) in [5, 5.41) is 10.5. The van der Waals surface area contributed by atoms with E-state index in [-0.39, 0.29) is 5.88 Å². The third-order valence-corrected chi connectivity index (χ3v) is 4.26. The second kappa shape index (κ2) is 2.55. The van der Waals surface area contributed by atoms with Gasteiger partial charge in [0.2, 0.25) is 15.7 Å². The first-order valence-corrected chi connectivity index (χ1v) is 6.19. The van der Waals surface area contributed by atoms with E-state index in [0.29, 0.717) is 17.1 Å². The van der Waals surface area contributed by atoms with E-state index in [1.165, 1.54) is 0 Å². The number of rotatable bonds is 0. The first-order chi connectivity index (χ1) is 7.09. The Morgan fingerprint density at radius 3 is 2.93 bits per heavy atom.